The Morgan fingerprint density at radius 1 is 1.25 bits per heavy atom. The zero-order valence-corrected chi connectivity index (χ0v) is 16.9. The van der Waals surface area contributed by atoms with Crippen molar-refractivity contribution in [2.24, 2.45) is 0 Å². The van der Waals surface area contributed by atoms with Crippen molar-refractivity contribution in [3.8, 4) is 6.07 Å². The summed E-state index contributed by atoms with van der Waals surface area (Å²) in [6, 6.07) is 2.06. The lowest BCUT2D eigenvalue weighted by molar-refractivity contribution is -0.155. The van der Waals surface area contributed by atoms with Gasteiger partial charge in [-0.2, -0.15) is 5.26 Å². The summed E-state index contributed by atoms with van der Waals surface area (Å²) in [6.07, 6.45) is 6.13. The highest BCUT2D eigenvalue weighted by Crippen LogP contribution is 2.18. The molecule has 1 heterocycles. The van der Waals surface area contributed by atoms with E-state index < -0.39 is 17.6 Å². The fraction of sp³-hybridized carbons (Fsp3) is 0.619. The number of carbonyl (C=O) groups excluding carboxylic acids is 2. The fourth-order valence-electron chi connectivity index (χ4n) is 3.70. The number of hydrogen-bond donors (Lipinski definition) is 2. The molecule has 1 aromatic heterocycles. The molecule has 2 rings (SSSR count). The molecule has 1 aliphatic rings. The molecule has 2 N–H and O–H groups in total. The molecule has 0 aromatic carbocycles. The van der Waals surface area contributed by atoms with Crippen LogP contribution >= 0.6 is 0 Å². The summed E-state index contributed by atoms with van der Waals surface area (Å²) in [5.41, 5.74) is 1.60. The minimum Gasteiger partial charge on any atom is -0.453 e. The molecule has 0 radical (unpaired) electrons. The molecule has 1 amide bonds. The molecule has 0 spiro atoms. The Labute approximate surface area is 165 Å². The second-order valence-corrected chi connectivity index (χ2v) is 7.50. The van der Waals surface area contributed by atoms with Crippen molar-refractivity contribution < 1.29 is 14.3 Å². The molecule has 1 atom stereocenters. The van der Waals surface area contributed by atoms with Crippen LogP contribution in [-0.4, -0.2) is 29.0 Å². The molecule has 0 aliphatic heterocycles. The van der Waals surface area contributed by atoms with E-state index >= 15 is 0 Å². The number of nitrogens with zero attached hydrogens (tertiary/aromatic N) is 1. The number of ether oxygens (including phenoxy) is 1. The lowest BCUT2D eigenvalue weighted by Gasteiger charge is -2.19. The van der Waals surface area contributed by atoms with Crippen LogP contribution in [0.25, 0.3) is 0 Å². The van der Waals surface area contributed by atoms with E-state index in [4.69, 9.17) is 10.00 Å². The van der Waals surface area contributed by atoms with Gasteiger partial charge in [0.1, 0.15) is 11.6 Å². The van der Waals surface area contributed by atoms with Gasteiger partial charge < -0.3 is 15.0 Å². The topological polar surface area (TPSA) is 112 Å². The molecule has 1 aliphatic carbocycles. The molecule has 7 nitrogen and oxygen atoms in total. The molecule has 1 saturated carbocycles. The largest absolute Gasteiger partial charge is 0.453 e. The van der Waals surface area contributed by atoms with Crippen molar-refractivity contribution >= 4 is 11.9 Å². The summed E-state index contributed by atoms with van der Waals surface area (Å²) in [7, 11) is 0. The Morgan fingerprint density at radius 2 is 1.89 bits per heavy atom. The smallest absolute Gasteiger partial charge is 0.306 e. The summed E-state index contributed by atoms with van der Waals surface area (Å²) >= 11 is 0. The highest BCUT2D eigenvalue weighted by Gasteiger charge is 2.22. The van der Waals surface area contributed by atoms with Gasteiger partial charge in [0.2, 0.25) is 0 Å². The first-order chi connectivity index (χ1) is 13.3. The average Bonchev–Trinajstić information content (AvgIpc) is 2.90. The lowest BCUT2D eigenvalue weighted by Crippen LogP contribution is -2.41. The minimum absolute atomic E-state index is 0.0603. The van der Waals surface area contributed by atoms with Crippen molar-refractivity contribution in [1.82, 2.24) is 10.3 Å². The van der Waals surface area contributed by atoms with Crippen molar-refractivity contribution in [1.29, 1.82) is 5.26 Å². The Bertz CT molecular complexity index is 814. The number of rotatable bonds is 6. The molecule has 1 aromatic rings. The van der Waals surface area contributed by atoms with E-state index in [-0.39, 0.29) is 23.9 Å². The SMILES string of the molecule is Cc1[nH]c(=O)c(C#N)c(C)c1CCC(=O)O[C@@H](C)C(=O)NC1CCCCCC1. The van der Waals surface area contributed by atoms with Crippen LogP contribution in [0.4, 0.5) is 0 Å². The molecule has 7 heteroatoms. The van der Waals surface area contributed by atoms with Crippen LogP contribution < -0.4 is 10.9 Å². The standard InChI is InChI=1S/C21H29N3O4/c1-13-17(14(2)23-21(27)18(13)12-22)10-11-19(25)28-15(3)20(26)24-16-8-6-4-5-7-9-16/h15-16H,4-11H2,1-3H3,(H,23,27)(H,24,26)/t15-/m0/s1. The maximum atomic E-state index is 12.3. The second-order valence-electron chi connectivity index (χ2n) is 7.50. The van der Waals surface area contributed by atoms with E-state index in [9.17, 15) is 14.4 Å². The number of aromatic amines is 1. The van der Waals surface area contributed by atoms with Gasteiger partial charge in [-0.15, -0.1) is 0 Å². The van der Waals surface area contributed by atoms with Gasteiger partial charge in [0.15, 0.2) is 6.10 Å². The predicted molar refractivity (Wildman–Crippen MR) is 105 cm³/mol. The lowest BCUT2D eigenvalue weighted by atomic mass is 9.99. The van der Waals surface area contributed by atoms with Crippen LogP contribution in [0.1, 0.15) is 74.3 Å². The first-order valence-corrected chi connectivity index (χ1v) is 9.95. The third-order valence-electron chi connectivity index (χ3n) is 5.38. The normalized spacial score (nSPS) is 15.9. The van der Waals surface area contributed by atoms with E-state index in [1.165, 1.54) is 12.8 Å². The number of hydrogen-bond acceptors (Lipinski definition) is 5. The summed E-state index contributed by atoms with van der Waals surface area (Å²) in [4.78, 5) is 38.9. The number of nitriles is 1. The van der Waals surface area contributed by atoms with Gasteiger partial charge in [-0.05, 0) is 51.2 Å². The van der Waals surface area contributed by atoms with Crippen LogP contribution in [0.2, 0.25) is 0 Å². The molecular weight excluding hydrogens is 358 g/mol. The number of amides is 1. The quantitative estimate of drug-likeness (QED) is 0.575. The van der Waals surface area contributed by atoms with Gasteiger partial charge in [0.05, 0.1) is 0 Å². The van der Waals surface area contributed by atoms with Crippen LogP contribution in [0.5, 0.6) is 0 Å². The van der Waals surface area contributed by atoms with Crippen molar-refractivity contribution in [3.05, 3.63) is 32.7 Å². The van der Waals surface area contributed by atoms with E-state index in [1.807, 2.05) is 6.07 Å². The Hall–Kier alpha value is -2.62. The number of carbonyl (C=O) groups is 2. The van der Waals surface area contributed by atoms with Gasteiger partial charge in [0, 0.05) is 18.2 Å². The van der Waals surface area contributed by atoms with Gasteiger partial charge in [-0.1, -0.05) is 25.7 Å². The number of nitrogens with one attached hydrogen (secondary N) is 2. The van der Waals surface area contributed by atoms with Crippen LogP contribution in [0, 0.1) is 25.2 Å². The van der Waals surface area contributed by atoms with Crippen molar-refractivity contribution in [2.45, 2.75) is 84.3 Å². The second kappa shape index (κ2) is 10.1. The highest BCUT2D eigenvalue weighted by molar-refractivity contribution is 5.83. The van der Waals surface area contributed by atoms with Gasteiger partial charge >= 0.3 is 5.97 Å². The molecule has 152 valence electrons. The molecule has 0 unspecified atom stereocenters. The van der Waals surface area contributed by atoms with Crippen LogP contribution in [0.15, 0.2) is 4.79 Å². The zero-order valence-electron chi connectivity index (χ0n) is 16.9. The maximum Gasteiger partial charge on any atom is 0.306 e. The van der Waals surface area contributed by atoms with Crippen molar-refractivity contribution in [3.63, 3.8) is 0 Å². The summed E-state index contributed by atoms with van der Waals surface area (Å²) in [6.45, 7) is 5.01. The first kappa shape index (κ1) is 21.7. The van der Waals surface area contributed by atoms with E-state index in [0.717, 1.165) is 31.2 Å². The minimum atomic E-state index is -0.844. The van der Waals surface area contributed by atoms with Gasteiger partial charge in [-0.25, -0.2) is 0 Å². The number of aromatic nitrogens is 1. The summed E-state index contributed by atoms with van der Waals surface area (Å²) in [5, 5.41) is 12.1. The molecular formula is C21H29N3O4. The van der Waals surface area contributed by atoms with Gasteiger partial charge in [-0.3, -0.25) is 14.4 Å². The van der Waals surface area contributed by atoms with E-state index in [2.05, 4.69) is 10.3 Å². The number of pyridine rings is 1. The monoisotopic (exact) mass is 387 g/mol. The Kier molecular flexibility index (Phi) is 7.80. The summed E-state index contributed by atoms with van der Waals surface area (Å²) in [5.74, 6) is -0.740. The van der Waals surface area contributed by atoms with Crippen molar-refractivity contribution in [2.75, 3.05) is 0 Å². The Balaban J connectivity index is 1.89. The average molecular weight is 387 g/mol. The molecule has 0 saturated heterocycles. The number of H-pyrrole nitrogens is 1. The third kappa shape index (κ3) is 5.69. The zero-order chi connectivity index (χ0) is 20.7. The molecule has 1 fully saturated rings. The third-order valence-corrected chi connectivity index (χ3v) is 5.38. The molecule has 28 heavy (non-hydrogen) atoms. The van der Waals surface area contributed by atoms with Crippen LogP contribution in [0.3, 0.4) is 0 Å². The predicted octanol–water partition coefficient (Wildman–Crippen LogP) is 2.57. The first-order valence-electron chi connectivity index (χ1n) is 9.95. The number of esters is 1. The van der Waals surface area contributed by atoms with Crippen LogP contribution in [-0.2, 0) is 20.7 Å². The van der Waals surface area contributed by atoms with E-state index in [0.29, 0.717) is 17.7 Å². The van der Waals surface area contributed by atoms with Gasteiger partial charge in [0.25, 0.3) is 11.5 Å². The summed E-state index contributed by atoms with van der Waals surface area (Å²) < 4.78 is 5.28. The molecule has 0 bridgehead atoms. The highest BCUT2D eigenvalue weighted by atomic mass is 16.5. The Morgan fingerprint density at radius 3 is 2.50 bits per heavy atom. The fourth-order valence-corrected chi connectivity index (χ4v) is 3.70. The van der Waals surface area contributed by atoms with E-state index in [1.54, 1.807) is 20.8 Å². The maximum absolute atomic E-state index is 12.3. The number of aryl methyl sites for hydroxylation is 1.